The minimum atomic E-state index is 0. The van der Waals surface area contributed by atoms with Crippen LogP contribution in [0.2, 0.25) is 0 Å². The lowest BCUT2D eigenvalue weighted by Gasteiger charge is -2.19. The zero-order chi connectivity index (χ0) is 22.9. The highest BCUT2D eigenvalue weighted by atomic mass is 127. The van der Waals surface area contributed by atoms with Crippen LogP contribution in [0.5, 0.6) is 11.5 Å². The molecule has 0 bridgehead atoms. The van der Waals surface area contributed by atoms with Crippen molar-refractivity contribution in [2.24, 2.45) is 4.99 Å². The van der Waals surface area contributed by atoms with Crippen molar-refractivity contribution in [2.45, 2.75) is 32.5 Å². The van der Waals surface area contributed by atoms with E-state index in [-0.39, 0.29) is 24.0 Å². The number of halogens is 1. The van der Waals surface area contributed by atoms with Crippen LogP contribution in [0.3, 0.4) is 0 Å². The van der Waals surface area contributed by atoms with E-state index in [0.717, 1.165) is 61.6 Å². The summed E-state index contributed by atoms with van der Waals surface area (Å²) in [7, 11) is 7.35. The molecular formula is C24H37IN6O2. The standard InChI is InChI=1S/C24H36N6O2.HI/c1-6-25-24(26-15-19-8-7-9-23(27-19)29(2)3)28-20-10-11-30(17-20)16-18-12-21(31-4)14-22(13-18)32-5;/h7-9,12-14,20H,6,10-11,15-17H2,1-5H3,(H2,25,26,28);1H. The van der Waals surface area contributed by atoms with Gasteiger partial charge < -0.3 is 25.0 Å². The summed E-state index contributed by atoms with van der Waals surface area (Å²) in [5.41, 5.74) is 2.14. The van der Waals surface area contributed by atoms with Gasteiger partial charge in [0.2, 0.25) is 0 Å². The molecule has 1 unspecified atom stereocenters. The topological polar surface area (TPSA) is 74.3 Å². The van der Waals surface area contributed by atoms with Crippen molar-refractivity contribution in [2.75, 3.05) is 52.8 Å². The number of hydrogen-bond donors (Lipinski definition) is 2. The predicted molar refractivity (Wildman–Crippen MR) is 145 cm³/mol. The van der Waals surface area contributed by atoms with Gasteiger partial charge in [-0.1, -0.05) is 6.07 Å². The summed E-state index contributed by atoms with van der Waals surface area (Å²) in [5.74, 6) is 3.42. The van der Waals surface area contributed by atoms with Gasteiger partial charge in [-0.15, -0.1) is 24.0 Å². The normalized spacial score (nSPS) is 16.2. The molecule has 182 valence electrons. The number of ether oxygens (including phenoxy) is 2. The molecule has 2 heterocycles. The zero-order valence-electron chi connectivity index (χ0n) is 20.3. The number of hydrogen-bond acceptors (Lipinski definition) is 6. The van der Waals surface area contributed by atoms with E-state index >= 15 is 0 Å². The van der Waals surface area contributed by atoms with Gasteiger partial charge in [0.05, 0.1) is 26.5 Å². The number of pyridine rings is 1. The van der Waals surface area contributed by atoms with E-state index in [4.69, 9.17) is 14.5 Å². The van der Waals surface area contributed by atoms with Gasteiger partial charge in [0, 0.05) is 52.4 Å². The van der Waals surface area contributed by atoms with Gasteiger partial charge in [-0.05, 0) is 43.2 Å². The lowest BCUT2D eigenvalue weighted by Crippen LogP contribution is -2.44. The SMILES string of the molecule is CCNC(=NCc1cccc(N(C)C)n1)NC1CCN(Cc2cc(OC)cc(OC)c2)C1.I. The second-order valence-electron chi connectivity index (χ2n) is 8.16. The number of methoxy groups -OCH3 is 2. The van der Waals surface area contributed by atoms with Crippen LogP contribution in [0, 0.1) is 0 Å². The third-order valence-electron chi connectivity index (χ3n) is 5.42. The molecule has 1 aromatic carbocycles. The average molecular weight is 569 g/mol. The van der Waals surface area contributed by atoms with E-state index in [1.807, 2.05) is 43.3 Å². The molecule has 2 N–H and O–H groups in total. The molecule has 0 radical (unpaired) electrons. The Kier molecular flexibility index (Phi) is 11.0. The van der Waals surface area contributed by atoms with E-state index in [1.54, 1.807) is 14.2 Å². The molecule has 1 atom stereocenters. The van der Waals surface area contributed by atoms with Gasteiger partial charge in [-0.25, -0.2) is 9.98 Å². The summed E-state index contributed by atoms with van der Waals surface area (Å²) in [6, 6.07) is 12.4. The minimum absolute atomic E-state index is 0. The van der Waals surface area contributed by atoms with Gasteiger partial charge in [0.25, 0.3) is 0 Å². The number of rotatable bonds is 9. The number of aromatic nitrogens is 1. The number of nitrogens with zero attached hydrogens (tertiary/aromatic N) is 4. The summed E-state index contributed by atoms with van der Waals surface area (Å²) < 4.78 is 10.8. The molecule has 1 fully saturated rings. The molecule has 0 saturated carbocycles. The fourth-order valence-electron chi connectivity index (χ4n) is 3.79. The Labute approximate surface area is 214 Å². The van der Waals surface area contributed by atoms with Crippen LogP contribution in [-0.2, 0) is 13.1 Å². The van der Waals surface area contributed by atoms with Gasteiger partial charge >= 0.3 is 0 Å². The number of benzene rings is 1. The monoisotopic (exact) mass is 568 g/mol. The summed E-state index contributed by atoms with van der Waals surface area (Å²) in [6.07, 6.45) is 1.07. The van der Waals surface area contributed by atoms with E-state index in [9.17, 15) is 0 Å². The highest BCUT2D eigenvalue weighted by Gasteiger charge is 2.23. The maximum atomic E-state index is 5.40. The van der Waals surface area contributed by atoms with E-state index in [1.165, 1.54) is 5.56 Å². The first kappa shape index (κ1) is 27.0. The Hall–Kier alpha value is -2.27. The average Bonchev–Trinajstić information content (AvgIpc) is 3.24. The molecule has 9 heteroatoms. The van der Waals surface area contributed by atoms with Crippen molar-refractivity contribution in [3.8, 4) is 11.5 Å². The highest BCUT2D eigenvalue weighted by molar-refractivity contribution is 14.0. The smallest absolute Gasteiger partial charge is 0.191 e. The van der Waals surface area contributed by atoms with E-state index in [0.29, 0.717) is 12.6 Å². The van der Waals surface area contributed by atoms with Crippen molar-refractivity contribution in [1.82, 2.24) is 20.5 Å². The fourth-order valence-corrected chi connectivity index (χ4v) is 3.79. The summed E-state index contributed by atoms with van der Waals surface area (Å²) in [4.78, 5) is 13.9. The first-order valence-corrected chi connectivity index (χ1v) is 11.1. The van der Waals surface area contributed by atoms with E-state index in [2.05, 4.69) is 39.6 Å². The largest absolute Gasteiger partial charge is 0.497 e. The first-order valence-electron chi connectivity index (χ1n) is 11.1. The van der Waals surface area contributed by atoms with Crippen molar-refractivity contribution < 1.29 is 9.47 Å². The summed E-state index contributed by atoms with van der Waals surface area (Å²) in [5, 5.41) is 6.96. The molecule has 0 amide bonds. The van der Waals surface area contributed by atoms with Crippen molar-refractivity contribution in [1.29, 1.82) is 0 Å². The Morgan fingerprint density at radius 1 is 1.18 bits per heavy atom. The second kappa shape index (κ2) is 13.4. The third-order valence-corrected chi connectivity index (χ3v) is 5.42. The van der Waals surface area contributed by atoms with Crippen molar-refractivity contribution in [3.05, 3.63) is 47.7 Å². The Balaban J connectivity index is 0.00000385. The number of likely N-dealkylation sites (tertiary alicyclic amines) is 1. The van der Waals surface area contributed by atoms with Crippen molar-refractivity contribution >= 4 is 35.8 Å². The Morgan fingerprint density at radius 3 is 2.55 bits per heavy atom. The van der Waals surface area contributed by atoms with Crippen LogP contribution < -0.4 is 25.0 Å². The summed E-state index contributed by atoms with van der Waals surface area (Å²) >= 11 is 0. The number of guanidine groups is 1. The fraction of sp³-hybridized carbons (Fsp3) is 0.500. The molecule has 1 aliphatic rings. The molecular weight excluding hydrogens is 531 g/mol. The number of anilines is 1. The Bertz CT molecular complexity index is 886. The molecule has 0 spiro atoms. The van der Waals surface area contributed by atoms with Crippen LogP contribution in [0.25, 0.3) is 0 Å². The van der Waals surface area contributed by atoms with Crippen LogP contribution in [0.4, 0.5) is 5.82 Å². The number of nitrogens with one attached hydrogen (secondary N) is 2. The van der Waals surface area contributed by atoms with Crippen LogP contribution >= 0.6 is 24.0 Å². The minimum Gasteiger partial charge on any atom is -0.497 e. The number of aliphatic imine (C=N–C) groups is 1. The van der Waals surface area contributed by atoms with Crippen LogP contribution in [-0.4, -0.2) is 69.8 Å². The Morgan fingerprint density at radius 2 is 1.91 bits per heavy atom. The molecule has 1 aliphatic heterocycles. The van der Waals surface area contributed by atoms with Gasteiger partial charge in [-0.3, -0.25) is 4.90 Å². The quantitative estimate of drug-likeness (QED) is 0.274. The summed E-state index contributed by atoms with van der Waals surface area (Å²) in [6.45, 7) is 6.29. The molecule has 8 nitrogen and oxygen atoms in total. The van der Waals surface area contributed by atoms with E-state index < -0.39 is 0 Å². The lowest BCUT2D eigenvalue weighted by atomic mass is 10.2. The van der Waals surface area contributed by atoms with Crippen LogP contribution in [0.1, 0.15) is 24.6 Å². The van der Waals surface area contributed by atoms with Crippen molar-refractivity contribution in [3.63, 3.8) is 0 Å². The highest BCUT2D eigenvalue weighted by Crippen LogP contribution is 2.24. The van der Waals surface area contributed by atoms with Gasteiger partial charge in [0.1, 0.15) is 17.3 Å². The molecule has 0 aliphatic carbocycles. The van der Waals surface area contributed by atoms with Gasteiger partial charge in [0.15, 0.2) is 5.96 Å². The van der Waals surface area contributed by atoms with Crippen LogP contribution in [0.15, 0.2) is 41.4 Å². The molecule has 2 aromatic rings. The van der Waals surface area contributed by atoms with Gasteiger partial charge in [-0.2, -0.15) is 0 Å². The maximum Gasteiger partial charge on any atom is 0.191 e. The molecule has 3 rings (SSSR count). The zero-order valence-corrected chi connectivity index (χ0v) is 22.6. The molecule has 1 aromatic heterocycles. The third kappa shape index (κ3) is 8.22. The first-order chi connectivity index (χ1) is 15.5. The second-order valence-corrected chi connectivity index (χ2v) is 8.16. The molecule has 1 saturated heterocycles. The maximum absolute atomic E-state index is 5.40. The predicted octanol–water partition coefficient (Wildman–Crippen LogP) is 3.11. The molecule has 33 heavy (non-hydrogen) atoms. The lowest BCUT2D eigenvalue weighted by molar-refractivity contribution is 0.321.